The number of halogens is 1. The smallest absolute Gasteiger partial charge is 0.339 e. The van der Waals surface area contributed by atoms with E-state index >= 15 is 0 Å². The molecular weight excluding hydrogens is 396 g/mol. The number of methoxy groups -OCH3 is 1. The fourth-order valence-electron chi connectivity index (χ4n) is 2.32. The fraction of sp³-hybridized carbons (Fsp3) is 0.0625. The van der Waals surface area contributed by atoms with E-state index in [1.54, 1.807) is 24.4 Å². The predicted octanol–water partition coefficient (Wildman–Crippen LogP) is 3.52. The maximum atomic E-state index is 12.7. The number of aromatic amines is 1. The van der Waals surface area contributed by atoms with Gasteiger partial charge in [-0.05, 0) is 52.3 Å². The number of benzene rings is 2. The zero-order valence-corrected chi connectivity index (χ0v) is 14.9. The van der Waals surface area contributed by atoms with Crippen LogP contribution in [0.4, 0.5) is 5.69 Å². The van der Waals surface area contributed by atoms with E-state index in [0.717, 1.165) is 10.9 Å². The van der Waals surface area contributed by atoms with E-state index in [2.05, 4.69) is 30.4 Å². The number of anilines is 1. The minimum absolute atomic E-state index is 0.0290. The lowest BCUT2D eigenvalue weighted by Crippen LogP contribution is -2.14. The number of fused-ring (bicyclic) bond motifs is 1. The first-order valence-electron chi connectivity index (χ1n) is 6.89. The lowest BCUT2D eigenvalue weighted by molar-refractivity contribution is 0.0599. The summed E-state index contributed by atoms with van der Waals surface area (Å²) < 4.78 is 33.0. The van der Waals surface area contributed by atoms with Gasteiger partial charge in [-0.25, -0.2) is 13.2 Å². The van der Waals surface area contributed by atoms with Crippen molar-refractivity contribution in [3.63, 3.8) is 0 Å². The van der Waals surface area contributed by atoms with Gasteiger partial charge in [0.1, 0.15) is 0 Å². The van der Waals surface area contributed by atoms with Gasteiger partial charge in [-0.3, -0.25) is 4.72 Å². The molecule has 8 heteroatoms. The Morgan fingerprint density at radius 2 is 2.00 bits per heavy atom. The van der Waals surface area contributed by atoms with Gasteiger partial charge in [-0.2, -0.15) is 0 Å². The molecule has 124 valence electrons. The molecule has 0 fully saturated rings. The number of sulfonamides is 1. The predicted molar refractivity (Wildman–Crippen MR) is 94.6 cm³/mol. The SMILES string of the molecule is COC(=O)c1cc(S(=O)(=O)Nc2cccc3[nH]ccc23)ccc1Br. The summed E-state index contributed by atoms with van der Waals surface area (Å²) in [7, 11) is -2.62. The standard InChI is InChI=1S/C16H13BrN2O4S/c1-23-16(20)12-9-10(5-6-13(12)17)24(21,22)19-15-4-2-3-14-11(15)7-8-18-14/h2-9,18-19H,1H3. The highest BCUT2D eigenvalue weighted by atomic mass is 79.9. The first-order chi connectivity index (χ1) is 11.4. The Labute approximate surface area is 147 Å². The van der Waals surface area contributed by atoms with Crippen LogP contribution in [0.1, 0.15) is 10.4 Å². The highest BCUT2D eigenvalue weighted by Gasteiger charge is 2.20. The van der Waals surface area contributed by atoms with Crippen LogP contribution in [0, 0.1) is 0 Å². The molecule has 24 heavy (non-hydrogen) atoms. The Kier molecular flexibility index (Phi) is 4.33. The fourth-order valence-corrected chi connectivity index (χ4v) is 3.83. The molecule has 0 saturated carbocycles. The molecule has 0 aliphatic heterocycles. The number of nitrogens with one attached hydrogen (secondary N) is 2. The first kappa shape index (κ1) is 16.5. The average molecular weight is 409 g/mol. The Hall–Kier alpha value is -2.32. The van der Waals surface area contributed by atoms with Gasteiger partial charge in [0, 0.05) is 21.6 Å². The molecule has 3 rings (SSSR count). The summed E-state index contributed by atoms with van der Waals surface area (Å²) >= 11 is 3.21. The summed E-state index contributed by atoms with van der Waals surface area (Å²) in [6.07, 6.45) is 1.73. The van der Waals surface area contributed by atoms with Gasteiger partial charge in [0.15, 0.2) is 0 Å². The number of rotatable bonds is 4. The van der Waals surface area contributed by atoms with E-state index in [0.29, 0.717) is 10.2 Å². The second kappa shape index (κ2) is 6.29. The summed E-state index contributed by atoms with van der Waals surface area (Å²) in [6.45, 7) is 0. The molecule has 0 amide bonds. The van der Waals surface area contributed by atoms with Crippen LogP contribution < -0.4 is 4.72 Å². The van der Waals surface area contributed by atoms with E-state index < -0.39 is 16.0 Å². The molecule has 0 bridgehead atoms. The Bertz CT molecular complexity index is 1030. The highest BCUT2D eigenvalue weighted by Crippen LogP contribution is 2.27. The van der Waals surface area contributed by atoms with Crippen molar-refractivity contribution in [1.29, 1.82) is 0 Å². The van der Waals surface area contributed by atoms with Crippen LogP contribution >= 0.6 is 15.9 Å². The van der Waals surface area contributed by atoms with Crippen LogP contribution in [-0.2, 0) is 14.8 Å². The topological polar surface area (TPSA) is 88.3 Å². The van der Waals surface area contributed by atoms with Crippen LogP contribution in [0.15, 0.2) is 58.0 Å². The molecule has 0 atom stereocenters. The molecule has 3 aromatic rings. The second-order valence-electron chi connectivity index (χ2n) is 4.98. The van der Waals surface area contributed by atoms with Crippen LogP contribution in [0.25, 0.3) is 10.9 Å². The van der Waals surface area contributed by atoms with Crippen molar-refractivity contribution in [3.05, 3.63) is 58.7 Å². The Balaban J connectivity index is 2.02. The van der Waals surface area contributed by atoms with E-state index in [-0.39, 0.29) is 10.5 Å². The Morgan fingerprint density at radius 3 is 2.75 bits per heavy atom. The lowest BCUT2D eigenvalue weighted by Gasteiger charge is -2.11. The van der Waals surface area contributed by atoms with E-state index in [1.165, 1.54) is 25.3 Å². The largest absolute Gasteiger partial charge is 0.465 e. The van der Waals surface area contributed by atoms with Gasteiger partial charge in [0.2, 0.25) is 0 Å². The number of ether oxygens (including phenoxy) is 1. The third kappa shape index (κ3) is 3.02. The van der Waals surface area contributed by atoms with Crippen LogP contribution in [0.5, 0.6) is 0 Å². The maximum absolute atomic E-state index is 12.7. The van der Waals surface area contributed by atoms with Gasteiger partial charge in [0.05, 0.1) is 23.3 Å². The lowest BCUT2D eigenvalue weighted by atomic mass is 10.2. The third-order valence-corrected chi connectivity index (χ3v) is 5.55. The quantitative estimate of drug-likeness (QED) is 0.646. The average Bonchev–Trinajstić information content (AvgIpc) is 3.04. The summed E-state index contributed by atoms with van der Waals surface area (Å²) in [5, 5.41) is 0.756. The molecule has 0 saturated heterocycles. The molecule has 1 aromatic heterocycles. The van der Waals surface area contributed by atoms with Crippen molar-refractivity contribution in [2.75, 3.05) is 11.8 Å². The molecule has 0 aliphatic carbocycles. The molecule has 1 heterocycles. The summed E-state index contributed by atoms with van der Waals surface area (Å²) in [4.78, 5) is 14.7. The minimum Gasteiger partial charge on any atom is -0.465 e. The number of carbonyl (C=O) groups excluding carboxylic acids is 1. The van der Waals surface area contributed by atoms with E-state index in [1.807, 2.05) is 6.07 Å². The number of hydrogen-bond acceptors (Lipinski definition) is 4. The number of esters is 1. The van der Waals surface area contributed by atoms with Crippen LogP contribution in [0.2, 0.25) is 0 Å². The Morgan fingerprint density at radius 1 is 1.21 bits per heavy atom. The van der Waals surface area contributed by atoms with Crippen molar-refractivity contribution in [1.82, 2.24) is 4.98 Å². The van der Waals surface area contributed by atoms with Crippen LogP contribution in [0.3, 0.4) is 0 Å². The highest BCUT2D eigenvalue weighted by molar-refractivity contribution is 9.10. The van der Waals surface area contributed by atoms with Gasteiger partial charge in [-0.15, -0.1) is 0 Å². The molecule has 6 nitrogen and oxygen atoms in total. The molecule has 0 unspecified atom stereocenters. The van der Waals surface area contributed by atoms with E-state index in [4.69, 9.17) is 0 Å². The molecular formula is C16H13BrN2O4S. The molecule has 2 aromatic carbocycles. The number of carbonyl (C=O) groups is 1. The van der Waals surface area contributed by atoms with Gasteiger partial charge in [0.25, 0.3) is 10.0 Å². The molecule has 0 spiro atoms. The van der Waals surface area contributed by atoms with Gasteiger partial charge in [-0.1, -0.05) is 6.07 Å². The van der Waals surface area contributed by atoms with Crippen molar-refractivity contribution < 1.29 is 17.9 Å². The van der Waals surface area contributed by atoms with Crippen molar-refractivity contribution >= 4 is 48.5 Å². The zero-order chi connectivity index (χ0) is 17.3. The van der Waals surface area contributed by atoms with Gasteiger partial charge < -0.3 is 9.72 Å². The zero-order valence-electron chi connectivity index (χ0n) is 12.5. The molecule has 2 N–H and O–H groups in total. The number of hydrogen-bond donors (Lipinski definition) is 2. The van der Waals surface area contributed by atoms with Crippen LogP contribution in [-0.4, -0.2) is 26.5 Å². The van der Waals surface area contributed by atoms with Gasteiger partial charge >= 0.3 is 5.97 Å². The monoisotopic (exact) mass is 408 g/mol. The number of aromatic nitrogens is 1. The maximum Gasteiger partial charge on any atom is 0.339 e. The summed E-state index contributed by atoms with van der Waals surface area (Å²) in [6, 6.07) is 11.2. The summed E-state index contributed by atoms with van der Waals surface area (Å²) in [5.74, 6) is -0.619. The van der Waals surface area contributed by atoms with Crippen molar-refractivity contribution in [2.45, 2.75) is 4.90 Å². The van der Waals surface area contributed by atoms with Crippen molar-refractivity contribution in [2.24, 2.45) is 0 Å². The molecule has 0 aliphatic rings. The molecule has 0 radical (unpaired) electrons. The second-order valence-corrected chi connectivity index (χ2v) is 7.52. The van der Waals surface area contributed by atoms with E-state index in [9.17, 15) is 13.2 Å². The third-order valence-electron chi connectivity index (χ3n) is 3.49. The minimum atomic E-state index is -3.86. The van der Waals surface area contributed by atoms with Crippen molar-refractivity contribution in [3.8, 4) is 0 Å². The first-order valence-corrected chi connectivity index (χ1v) is 9.17. The normalized spacial score (nSPS) is 11.4. The summed E-state index contributed by atoms with van der Waals surface area (Å²) in [5.41, 5.74) is 1.41. The number of H-pyrrole nitrogens is 1.